The predicted molar refractivity (Wildman–Crippen MR) is 72.1 cm³/mol. The molecule has 1 atom stereocenters. The second kappa shape index (κ2) is 5.16. The largest absolute Gasteiger partial charge is 0.379 e. The van der Waals surface area contributed by atoms with E-state index in [1.54, 1.807) is 4.90 Å². The maximum absolute atomic E-state index is 12.2. The molecule has 0 spiro atoms. The van der Waals surface area contributed by atoms with Crippen LogP contribution in [-0.4, -0.2) is 66.5 Å². The molecule has 0 aromatic rings. The summed E-state index contributed by atoms with van der Waals surface area (Å²) in [5.41, 5.74) is -0.601. The molecule has 1 aliphatic carbocycles. The number of morpholine rings is 1. The molecule has 2 rings (SSSR count). The summed E-state index contributed by atoms with van der Waals surface area (Å²) in [7, 11) is 1.82. The van der Waals surface area contributed by atoms with Crippen molar-refractivity contribution in [3.63, 3.8) is 0 Å². The average Bonchev–Trinajstić information content (AvgIpc) is 2.87. The lowest BCUT2D eigenvalue weighted by molar-refractivity contribution is -0.135. The molecule has 6 heteroatoms. The summed E-state index contributed by atoms with van der Waals surface area (Å²) < 4.78 is 4.41. The molecule has 0 aromatic carbocycles. The molecule has 1 saturated carbocycles. The Hall–Kier alpha value is -0.0300. The maximum Gasteiger partial charge on any atom is 0.231 e. The number of hydrogen-bond acceptors (Lipinski definition) is 3. The highest BCUT2D eigenvalue weighted by atomic mass is 35.5. The number of alkyl halides is 2. The van der Waals surface area contributed by atoms with Crippen molar-refractivity contribution in [2.24, 2.45) is 5.41 Å². The number of carbonyl (C=O) groups excluding carboxylic acids is 1. The minimum absolute atomic E-state index is 0.0424. The van der Waals surface area contributed by atoms with Crippen molar-refractivity contribution in [2.45, 2.75) is 17.7 Å². The van der Waals surface area contributed by atoms with Gasteiger partial charge in [0.05, 0.1) is 18.6 Å². The lowest BCUT2D eigenvalue weighted by Gasteiger charge is -2.29. The molecule has 0 N–H and O–H groups in total. The van der Waals surface area contributed by atoms with E-state index in [0.717, 1.165) is 32.8 Å². The number of hydrogen-bond donors (Lipinski definition) is 0. The van der Waals surface area contributed by atoms with Gasteiger partial charge in [-0.1, -0.05) is 0 Å². The predicted octanol–water partition coefficient (Wildman–Crippen LogP) is 1.36. The molecule has 0 unspecified atom stereocenters. The Labute approximate surface area is 118 Å². The fourth-order valence-electron chi connectivity index (χ4n) is 2.27. The Morgan fingerprint density at radius 2 is 1.94 bits per heavy atom. The summed E-state index contributed by atoms with van der Waals surface area (Å²) in [6.07, 6.45) is 0.545. The van der Waals surface area contributed by atoms with Crippen LogP contribution >= 0.6 is 23.2 Å². The summed E-state index contributed by atoms with van der Waals surface area (Å²) in [4.78, 5) is 16.3. The molecule has 2 aliphatic rings. The highest BCUT2D eigenvalue weighted by molar-refractivity contribution is 6.53. The highest BCUT2D eigenvalue weighted by Crippen LogP contribution is 2.64. The van der Waals surface area contributed by atoms with Crippen LogP contribution in [0.1, 0.15) is 13.3 Å². The highest BCUT2D eigenvalue weighted by Gasteiger charge is 2.68. The smallest absolute Gasteiger partial charge is 0.231 e. The molecule has 1 amide bonds. The van der Waals surface area contributed by atoms with Crippen molar-refractivity contribution >= 4 is 29.1 Å². The van der Waals surface area contributed by atoms with Gasteiger partial charge in [-0.3, -0.25) is 9.69 Å². The Kier molecular flexibility index (Phi) is 4.12. The van der Waals surface area contributed by atoms with Gasteiger partial charge in [0.2, 0.25) is 5.91 Å². The number of carbonyl (C=O) groups is 1. The van der Waals surface area contributed by atoms with Gasteiger partial charge in [0.25, 0.3) is 0 Å². The number of halogens is 2. The quantitative estimate of drug-likeness (QED) is 0.734. The first-order valence-corrected chi connectivity index (χ1v) is 7.06. The van der Waals surface area contributed by atoms with E-state index in [0.29, 0.717) is 13.0 Å². The normalized spacial score (nSPS) is 31.1. The monoisotopic (exact) mass is 294 g/mol. The minimum atomic E-state index is -0.878. The lowest BCUT2D eigenvalue weighted by atomic mass is 10.1. The van der Waals surface area contributed by atoms with Gasteiger partial charge in [0.15, 0.2) is 0 Å². The third-order valence-corrected chi connectivity index (χ3v) is 5.03. The van der Waals surface area contributed by atoms with Crippen LogP contribution in [0.4, 0.5) is 0 Å². The second-order valence-corrected chi connectivity index (χ2v) is 6.88. The van der Waals surface area contributed by atoms with Crippen LogP contribution in [0.2, 0.25) is 0 Å². The van der Waals surface area contributed by atoms with Gasteiger partial charge in [-0.05, 0) is 13.3 Å². The van der Waals surface area contributed by atoms with E-state index in [1.807, 2.05) is 14.0 Å². The van der Waals surface area contributed by atoms with Crippen molar-refractivity contribution in [1.29, 1.82) is 0 Å². The minimum Gasteiger partial charge on any atom is -0.379 e. The van der Waals surface area contributed by atoms with Crippen LogP contribution < -0.4 is 0 Å². The zero-order valence-electron chi connectivity index (χ0n) is 10.9. The number of rotatable bonds is 4. The van der Waals surface area contributed by atoms with Crippen LogP contribution in [0.15, 0.2) is 0 Å². The topological polar surface area (TPSA) is 32.8 Å². The molecule has 4 nitrogen and oxygen atoms in total. The molecule has 0 radical (unpaired) electrons. The summed E-state index contributed by atoms with van der Waals surface area (Å²) in [6, 6.07) is 0. The summed E-state index contributed by atoms with van der Waals surface area (Å²) in [5.74, 6) is 0.0424. The Balaban J connectivity index is 1.78. The van der Waals surface area contributed by atoms with E-state index in [1.165, 1.54) is 0 Å². The van der Waals surface area contributed by atoms with Gasteiger partial charge in [0, 0.05) is 33.2 Å². The Morgan fingerprint density at radius 3 is 2.44 bits per heavy atom. The summed E-state index contributed by atoms with van der Waals surface area (Å²) in [6.45, 7) is 6.85. The molecular weight excluding hydrogens is 275 g/mol. The summed E-state index contributed by atoms with van der Waals surface area (Å²) >= 11 is 12.1. The van der Waals surface area contributed by atoms with Gasteiger partial charge >= 0.3 is 0 Å². The van der Waals surface area contributed by atoms with Crippen molar-refractivity contribution < 1.29 is 9.53 Å². The molecule has 1 saturated heterocycles. The van der Waals surface area contributed by atoms with Gasteiger partial charge in [-0.25, -0.2) is 0 Å². The van der Waals surface area contributed by atoms with E-state index in [2.05, 4.69) is 4.90 Å². The molecule has 1 heterocycles. The molecule has 0 aromatic heterocycles. The van der Waals surface area contributed by atoms with Crippen LogP contribution in [-0.2, 0) is 9.53 Å². The van der Waals surface area contributed by atoms with Crippen LogP contribution in [0.3, 0.4) is 0 Å². The Morgan fingerprint density at radius 1 is 1.39 bits per heavy atom. The summed E-state index contributed by atoms with van der Waals surface area (Å²) in [5, 5.41) is 0. The fraction of sp³-hybridized carbons (Fsp3) is 0.917. The molecule has 1 aliphatic heterocycles. The number of likely N-dealkylation sites (N-methyl/N-ethyl adjacent to an activating group) is 1. The fourth-order valence-corrected chi connectivity index (χ4v) is 2.97. The molecule has 18 heavy (non-hydrogen) atoms. The van der Waals surface area contributed by atoms with Crippen LogP contribution in [0.5, 0.6) is 0 Å². The third kappa shape index (κ3) is 2.77. The second-order valence-electron chi connectivity index (χ2n) is 5.39. The van der Waals surface area contributed by atoms with Gasteiger partial charge in [-0.2, -0.15) is 0 Å². The number of amides is 1. The number of ether oxygens (including phenoxy) is 1. The van der Waals surface area contributed by atoms with Crippen molar-refractivity contribution in [3.8, 4) is 0 Å². The van der Waals surface area contributed by atoms with Crippen LogP contribution in [0, 0.1) is 5.41 Å². The average molecular weight is 295 g/mol. The first-order chi connectivity index (χ1) is 8.37. The van der Waals surface area contributed by atoms with Gasteiger partial charge in [0.1, 0.15) is 4.33 Å². The van der Waals surface area contributed by atoms with Crippen LogP contribution in [0.25, 0.3) is 0 Å². The van der Waals surface area contributed by atoms with E-state index >= 15 is 0 Å². The number of nitrogens with zero attached hydrogens (tertiary/aromatic N) is 2. The van der Waals surface area contributed by atoms with E-state index in [-0.39, 0.29) is 5.91 Å². The molecule has 2 fully saturated rings. The van der Waals surface area contributed by atoms with E-state index in [4.69, 9.17) is 27.9 Å². The zero-order chi connectivity index (χ0) is 13.4. The zero-order valence-corrected chi connectivity index (χ0v) is 12.4. The van der Waals surface area contributed by atoms with Crippen molar-refractivity contribution in [1.82, 2.24) is 9.80 Å². The van der Waals surface area contributed by atoms with E-state index < -0.39 is 9.75 Å². The lowest BCUT2D eigenvalue weighted by Crippen LogP contribution is -2.43. The molecule has 0 bridgehead atoms. The molecule has 104 valence electrons. The van der Waals surface area contributed by atoms with Crippen molar-refractivity contribution in [2.75, 3.05) is 46.4 Å². The van der Waals surface area contributed by atoms with Gasteiger partial charge < -0.3 is 9.64 Å². The maximum atomic E-state index is 12.2. The first kappa shape index (κ1) is 14.4. The first-order valence-electron chi connectivity index (χ1n) is 6.30. The van der Waals surface area contributed by atoms with Gasteiger partial charge in [-0.15, -0.1) is 23.2 Å². The third-order valence-electron chi connectivity index (χ3n) is 3.93. The SMILES string of the molecule is CN(CCN1CCOCC1)C(=O)[C@]1(C)CC1(Cl)Cl. The Bertz CT molecular complexity index is 332. The standard InChI is InChI=1S/C12H20Cl2N2O2/c1-11(9-12(11,13)14)10(17)15(2)3-4-16-5-7-18-8-6-16/h3-9H2,1-2H3/t11-/m0/s1. The molecular formula is C12H20Cl2N2O2. The van der Waals surface area contributed by atoms with E-state index in [9.17, 15) is 4.79 Å². The van der Waals surface area contributed by atoms with Crippen molar-refractivity contribution in [3.05, 3.63) is 0 Å².